The SMILES string of the molecule is C[C@@H]1CN(S(=O)(=O)c2cccc(C(=O)N(CCc3ccccc3)Cc3ccccc3)c2)C[C@H](C)O1. The van der Waals surface area contributed by atoms with Crippen molar-refractivity contribution in [2.24, 2.45) is 0 Å². The molecular formula is C28H32N2O4S. The monoisotopic (exact) mass is 492 g/mol. The molecule has 2 atom stereocenters. The van der Waals surface area contributed by atoms with E-state index in [1.807, 2.05) is 74.5 Å². The van der Waals surface area contributed by atoms with E-state index in [-0.39, 0.29) is 23.0 Å². The summed E-state index contributed by atoms with van der Waals surface area (Å²) < 4.78 is 33.9. The Morgan fingerprint density at radius 1 is 0.886 bits per heavy atom. The quantitative estimate of drug-likeness (QED) is 0.468. The summed E-state index contributed by atoms with van der Waals surface area (Å²) >= 11 is 0. The normalized spacial score (nSPS) is 18.8. The van der Waals surface area contributed by atoms with Gasteiger partial charge in [-0.05, 0) is 49.6 Å². The van der Waals surface area contributed by atoms with Gasteiger partial charge >= 0.3 is 0 Å². The van der Waals surface area contributed by atoms with Crippen LogP contribution < -0.4 is 0 Å². The van der Waals surface area contributed by atoms with Crippen LogP contribution in [0.3, 0.4) is 0 Å². The minimum absolute atomic E-state index is 0.132. The van der Waals surface area contributed by atoms with Crippen LogP contribution in [0.5, 0.6) is 0 Å². The summed E-state index contributed by atoms with van der Waals surface area (Å²) in [7, 11) is -3.74. The van der Waals surface area contributed by atoms with E-state index in [4.69, 9.17) is 4.74 Å². The number of benzene rings is 3. The highest BCUT2D eigenvalue weighted by atomic mass is 32.2. The van der Waals surface area contributed by atoms with Gasteiger partial charge in [0.25, 0.3) is 5.91 Å². The Balaban J connectivity index is 1.58. The largest absolute Gasteiger partial charge is 0.373 e. The molecule has 0 radical (unpaired) electrons. The third-order valence-corrected chi connectivity index (χ3v) is 7.95. The van der Waals surface area contributed by atoms with E-state index in [9.17, 15) is 13.2 Å². The predicted octanol–water partition coefficient (Wildman–Crippen LogP) is 4.37. The standard InChI is InChI=1S/C28H32N2O4S/c1-22-19-30(20-23(2)34-22)35(32,33)27-15-9-14-26(18-27)28(31)29(21-25-12-7-4-8-13-25)17-16-24-10-5-3-6-11-24/h3-15,18,22-23H,16-17,19-21H2,1-2H3/t22-,23+. The van der Waals surface area contributed by atoms with E-state index in [0.717, 1.165) is 11.1 Å². The lowest BCUT2D eigenvalue weighted by atomic mass is 10.1. The average molecular weight is 493 g/mol. The molecule has 0 bridgehead atoms. The Kier molecular flexibility index (Phi) is 8.00. The van der Waals surface area contributed by atoms with Gasteiger partial charge in [-0.2, -0.15) is 4.31 Å². The number of carbonyl (C=O) groups excluding carboxylic acids is 1. The van der Waals surface area contributed by atoms with Gasteiger partial charge in [0, 0.05) is 31.7 Å². The molecule has 1 aliphatic heterocycles. The molecular weight excluding hydrogens is 460 g/mol. The van der Waals surface area contributed by atoms with Crippen molar-refractivity contribution in [1.29, 1.82) is 0 Å². The maximum Gasteiger partial charge on any atom is 0.254 e. The lowest BCUT2D eigenvalue weighted by molar-refractivity contribution is -0.0440. The van der Waals surface area contributed by atoms with Crippen molar-refractivity contribution < 1.29 is 17.9 Å². The van der Waals surface area contributed by atoms with E-state index < -0.39 is 10.0 Å². The smallest absolute Gasteiger partial charge is 0.254 e. The Bertz CT molecular complexity index is 1220. The van der Waals surface area contributed by atoms with E-state index >= 15 is 0 Å². The highest BCUT2D eigenvalue weighted by Crippen LogP contribution is 2.23. The summed E-state index contributed by atoms with van der Waals surface area (Å²) in [6.45, 7) is 5.29. The number of nitrogens with zero attached hydrogens (tertiary/aromatic N) is 2. The zero-order valence-corrected chi connectivity index (χ0v) is 21.0. The summed E-state index contributed by atoms with van der Waals surface area (Å²) in [6.07, 6.45) is 0.344. The molecule has 3 aromatic rings. The first-order valence-electron chi connectivity index (χ1n) is 12.0. The molecule has 0 N–H and O–H groups in total. The van der Waals surface area contributed by atoms with E-state index in [1.165, 1.54) is 10.4 Å². The zero-order chi connectivity index (χ0) is 24.8. The maximum atomic E-state index is 13.6. The number of amides is 1. The minimum atomic E-state index is -3.74. The molecule has 1 fully saturated rings. The van der Waals surface area contributed by atoms with Gasteiger partial charge in [0.15, 0.2) is 0 Å². The van der Waals surface area contributed by atoms with Crippen LogP contribution in [0.1, 0.15) is 35.3 Å². The number of hydrogen-bond donors (Lipinski definition) is 0. The average Bonchev–Trinajstić information content (AvgIpc) is 2.87. The Hall–Kier alpha value is -3.00. The van der Waals surface area contributed by atoms with Crippen LogP contribution in [0, 0.1) is 0 Å². The molecule has 1 saturated heterocycles. The summed E-state index contributed by atoms with van der Waals surface area (Å²) in [6, 6.07) is 26.3. The highest BCUT2D eigenvalue weighted by Gasteiger charge is 2.32. The van der Waals surface area contributed by atoms with Gasteiger partial charge in [0.05, 0.1) is 17.1 Å². The molecule has 0 aromatic heterocycles. The van der Waals surface area contributed by atoms with Crippen molar-refractivity contribution in [3.8, 4) is 0 Å². The van der Waals surface area contributed by atoms with Gasteiger partial charge in [0.1, 0.15) is 0 Å². The molecule has 1 heterocycles. The Labute approximate surface area is 208 Å². The Morgan fingerprint density at radius 3 is 2.11 bits per heavy atom. The van der Waals surface area contributed by atoms with Crippen LogP contribution in [0.25, 0.3) is 0 Å². The lowest BCUT2D eigenvalue weighted by Gasteiger charge is -2.34. The van der Waals surface area contributed by atoms with Crippen LogP contribution in [-0.2, 0) is 27.7 Å². The first-order chi connectivity index (χ1) is 16.8. The molecule has 184 valence electrons. The first kappa shape index (κ1) is 25.1. The van der Waals surface area contributed by atoms with Crippen LogP contribution >= 0.6 is 0 Å². The molecule has 0 aliphatic carbocycles. The number of rotatable bonds is 8. The fourth-order valence-electron chi connectivity index (χ4n) is 4.41. The maximum absolute atomic E-state index is 13.6. The van der Waals surface area contributed by atoms with Crippen LogP contribution in [0.4, 0.5) is 0 Å². The van der Waals surface area contributed by atoms with E-state index in [0.29, 0.717) is 38.2 Å². The zero-order valence-electron chi connectivity index (χ0n) is 20.2. The van der Waals surface area contributed by atoms with Crippen molar-refractivity contribution in [2.45, 2.75) is 43.9 Å². The van der Waals surface area contributed by atoms with Gasteiger partial charge in [-0.3, -0.25) is 4.79 Å². The summed E-state index contributed by atoms with van der Waals surface area (Å²) in [5.41, 5.74) is 2.53. The van der Waals surface area contributed by atoms with Gasteiger partial charge in [-0.1, -0.05) is 66.7 Å². The van der Waals surface area contributed by atoms with Crippen LogP contribution in [0.2, 0.25) is 0 Å². The van der Waals surface area contributed by atoms with Crippen LogP contribution in [-0.4, -0.2) is 55.4 Å². The van der Waals surface area contributed by atoms with Gasteiger partial charge in [-0.25, -0.2) is 8.42 Å². The van der Waals surface area contributed by atoms with Crippen molar-refractivity contribution in [3.05, 3.63) is 102 Å². The van der Waals surface area contributed by atoms with Crippen molar-refractivity contribution >= 4 is 15.9 Å². The second kappa shape index (κ2) is 11.2. The molecule has 0 unspecified atom stereocenters. The third kappa shape index (κ3) is 6.36. The molecule has 35 heavy (non-hydrogen) atoms. The molecule has 4 rings (SSSR count). The van der Waals surface area contributed by atoms with Crippen molar-refractivity contribution in [3.63, 3.8) is 0 Å². The second-order valence-corrected chi connectivity index (χ2v) is 11.0. The summed E-state index contributed by atoms with van der Waals surface area (Å²) in [4.78, 5) is 15.5. The second-order valence-electron chi connectivity index (χ2n) is 9.06. The summed E-state index contributed by atoms with van der Waals surface area (Å²) in [5, 5.41) is 0. The molecule has 7 heteroatoms. The molecule has 1 aliphatic rings. The number of hydrogen-bond acceptors (Lipinski definition) is 4. The fourth-order valence-corrected chi connectivity index (χ4v) is 6.05. The third-order valence-electron chi connectivity index (χ3n) is 6.12. The molecule has 0 spiro atoms. The van der Waals surface area contributed by atoms with Crippen LogP contribution in [0.15, 0.2) is 89.8 Å². The predicted molar refractivity (Wildman–Crippen MR) is 137 cm³/mol. The topological polar surface area (TPSA) is 66.9 Å². The molecule has 3 aromatic carbocycles. The highest BCUT2D eigenvalue weighted by molar-refractivity contribution is 7.89. The number of sulfonamides is 1. The van der Waals surface area contributed by atoms with Crippen molar-refractivity contribution in [2.75, 3.05) is 19.6 Å². The van der Waals surface area contributed by atoms with Crippen molar-refractivity contribution in [1.82, 2.24) is 9.21 Å². The number of ether oxygens (including phenoxy) is 1. The van der Waals surface area contributed by atoms with Gasteiger partial charge < -0.3 is 9.64 Å². The summed E-state index contributed by atoms with van der Waals surface area (Å²) in [5.74, 6) is -0.189. The molecule has 6 nitrogen and oxygen atoms in total. The minimum Gasteiger partial charge on any atom is -0.373 e. The lowest BCUT2D eigenvalue weighted by Crippen LogP contribution is -2.48. The first-order valence-corrected chi connectivity index (χ1v) is 13.4. The van der Waals surface area contributed by atoms with E-state index in [1.54, 1.807) is 23.1 Å². The fraction of sp³-hybridized carbons (Fsp3) is 0.321. The van der Waals surface area contributed by atoms with E-state index in [2.05, 4.69) is 0 Å². The number of carbonyl (C=O) groups is 1. The molecule has 1 amide bonds. The van der Waals surface area contributed by atoms with Gasteiger partial charge in [-0.15, -0.1) is 0 Å². The molecule has 0 saturated carbocycles. The van der Waals surface area contributed by atoms with Gasteiger partial charge in [0.2, 0.25) is 10.0 Å². The number of morpholine rings is 1. The Morgan fingerprint density at radius 2 is 1.49 bits per heavy atom.